The van der Waals surface area contributed by atoms with E-state index in [1.54, 1.807) is 55.5 Å². The predicted octanol–water partition coefficient (Wildman–Crippen LogP) is 6.52. The Bertz CT molecular complexity index is 1400. The summed E-state index contributed by atoms with van der Waals surface area (Å²) in [7, 11) is 0. The summed E-state index contributed by atoms with van der Waals surface area (Å²) in [5.41, 5.74) is 0.584. The molecule has 0 fully saturated rings. The Morgan fingerprint density at radius 2 is 1.59 bits per heavy atom. The minimum Gasteiger partial charge on any atom is -0.435 e. The first-order valence-corrected chi connectivity index (χ1v) is 11.6. The first-order valence-electron chi connectivity index (χ1n) is 11.2. The summed E-state index contributed by atoms with van der Waals surface area (Å²) in [6.07, 6.45) is -4.56. The number of halogens is 4. The van der Waals surface area contributed by atoms with E-state index in [4.69, 9.17) is 16.0 Å². The Morgan fingerprint density at radius 1 is 0.946 bits per heavy atom. The average molecular weight is 528 g/mol. The van der Waals surface area contributed by atoms with Crippen LogP contribution >= 0.6 is 11.6 Å². The minimum atomic E-state index is -4.56. The molecule has 2 amide bonds. The molecule has 0 radical (unpaired) electrons. The second-order valence-electron chi connectivity index (χ2n) is 8.08. The molecule has 0 aliphatic carbocycles. The van der Waals surface area contributed by atoms with Crippen LogP contribution in [0.15, 0.2) is 83.3 Å². The van der Waals surface area contributed by atoms with Crippen molar-refractivity contribution in [2.75, 3.05) is 5.32 Å². The molecule has 0 bridgehead atoms. The summed E-state index contributed by atoms with van der Waals surface area (Å²) < 4.78 is 46.0. The van der Waals surface area contributed by atoms with Gasteiger partial charge < -0.3 is 15.1 Å². The number of hydrogen-bond acceptors (Lipinski definition) is 4. The Morgan fingerprint density at radius 3 is 2.24 bits per heavy atom. The van der Waals surface area contributed by atoms with E-state index in [1.807, 2.05) is 6.07 Å². The fourth-order valence-corrected chi connectivity index (χ4v) is 3.59. The number of rotatable bonds is 7. The van der Waals surface area contributed by atoms with Gasteiger partial charge in [-0.05, 0) is 55.0 Å². The highest BCUT2D eigenvalue weighted by atomic mass is 35.5. The Labute approximate surface area is 215 Å². The lowest BCUT2D eigenvalue weighted by Gasteiger charge is -2.13. The lowest BCUT2D eigenvalue weighted by atomic mass is 10.1. The van der Waals surface area contributed by atoms with Crippen LogP contribution in [0.2, 0.25) is 0 Å². The molecule has 10 heteroatoms. The fourth-order valence-electron chi connectivity index (χ4n) is 3.53. The molecule has 4 rings (SSSR count). The third-order valence-corrected chi connectivity index (χ3v) is 5.60. The molecule has 37 heavy (non-hydrogen) atoms. The molecule has 6 nitrogen and oxygen atoms in total. The zero-order valence-electron chi connectivity index (χ0n) is 19.5. The second-order valence-corrected chi connectivity index (χ2v) is 8.74. The van der Waals surface area contributed by atoms with Crippen molar-refractivity contribution >= 4 is 29.1 Å². The lowest BCUT2D eigenvalue weighted by Crippen LogP contribution is -2.25. The van der Waals surface area contributed by atoms with E-state index in [0.29, 0.717) is 16.8 Å². The number of oxazole rings is 1. The Kier molecular flexibility index (Phi) is 7.63. The molecule has 1 atom stereocenters. The fraction of sp³-hybridized carbons (Fsp3) is 0.148. The number of aromatic nitrogens is 1. The van der Waals surface area contributed by atoms with Crippen molar-refractivity contribution < 1.29 is 27.2 Å². The molecule has 1 unspecified atom stereocenters. The molecule has 0 saturated heterocycles. The summed E-state index contributed by atoms with van der Waals surface area (Å²) in [5.74, 6) is -0.778. The highest BCUT2D eigenvalue weighted by molar-refractivity contribution is 6.32. The van der Waals surface area contributed by atoms with E-state index in [1.165, 1.54) is 18.2 Å². The Hall–Kier alpha value is -4.11. The van der Waals surface area contributed by atoms with E-state index >= 15 is 0 Å². The van der Waals surface area contributed by atoms with Gasteiger partial charge in [0, 0.05) is 23.4 Å². The Balaban J connectivity index is 1.64. The maximum Gasteiger partial charge on any atom is 0.416 e. The summed E-state index contributed by atoms with van der Waals surface area (Å²) in [6, 6.07) is 20.4. The molecule has 190 valence electrons. The smallest absolute Gasteiger partial charge is 0.416 e. The number of hydrogen-bond donors (Lipinski definition) is 2. The summed E-state index contributed by atoms with van der Waals surface area (Å²) in [5, 5.41) is 4.45. The number of alkyl halides is 4. The first-order chi connectivity index (χ1) is 17.6. The summed E-state index contributed by atoms with van der Waals surface area (Å²) in [4.78, 5) is 29.3. The van der Waals surface area contributed by atoms with E-state index in [-0.39, 0.29) is 35.4 Å². The first kappa shape index (κ1) is 26.0. The van der Waals surface area contributed by atoms with Crippen LogP contribution < -0.4 is 10.6 Å². The van der Waals surface area contributed by atoms with Crippen molar-refractivity contribution in [2.24, 2.45) is 0 Å². The number of nitrogens with one attached hydrogen (secondary N) is 2. The number of carbonyl (C=O) groups excluding carboxylic acids is 2. The number of carbonyl (C=O) groups is 2. The monoisotopic (exact) mass is 527 g/mol. The molecule has 4 aromatic rings. The molecule has 0 spiro atoms. The van der Waals surface area contributed by atoms with Gasteiger partial charge in [-0.1, -0.05) is 36.4 Å². The van der Waals surface area contributed by atoms with Crippen molar-refractivity contribution in [2.45, 2.75) is 25.0 Å². The zero-order chi connectivity index (χ0) is 26.6. The van der Waals surface area contributed by atoms with Crippen LogP contribution in [0.4, 0.5) is 18.9 Å². The van der Waals surface area contributed by atoms with Crippen molar-refractivity contribution in [3.8, 4) is 22.8 Å². The van der Waals surface area contributed by atoms with E-state index in [9.17, 15) is 22.8 Å². The molecule has 0 aliphatic rings. The molecular weight excluding hydrogens is 507 g/mol. The van der Waals surface area contributed by atoms with Gasteiger partial charge in [0.2, 0.25) is 11.8 Å². The third kappa shape index (κ3) is 6.18. The highest BCUT2D eigenvalue weighted by Crippen LogP contribution is 2.33. The standard InChI is InChI=1S/C27H21ClF3N3O3/c1-16(28)24(35)33-20-13-11-17(12-14-20)23-22(34-26(37-23)18-7-3-2-4-8-18)25(36)32-15-19-9-5-6-10-21(19)27(29,30)31/h2-14,16H,15H2,1H3,(H,32,36)(H,33,35). The third-order valence-electron chi connectivity index (χ3n) is 5.40. The van der Waals surface area contributed by atoms with Gasteiger partial charge in [0.15, 0.2) is 11.5 Å². The molecular formula is C27H21ClF3N3O3. The summed E-state index contributed by atoms with van der Waals surface area (Å²) in [6.45, 7) is 1.19. The van der Waals surface area contributed by atoms with E-state index < -0.39 is 23.0 Å². The van der Waals surface area contributed by atoms with Crippen LogP contribution in [0, 0.1) is 0 Å². The van der Waals surface area contributed by atoms with Crippen molar-refractivity contribution in [1.82, 2.24) is 10.3 Å². The normalized spacial score (nSPS) is 12.1. The number of nitrogens with zero attached hydrogens (tertiary/aromatic N) is 1. The van der Waals surface area contributed by atoms with Gasteiger partial charge >= 0.3 is 6.18 Å². The van der Waals surface area contributed by atoms with Gasteiger partial charge in [0.25, 0.3) is 5.91 Å². The van der Waals surface area contributed by atoms with Gasteiger partial charge in [-0.25, -0.2) is 4.98 Å². The van der Waals surface area contributed by atoms with E-state index in [0.717, 1.165) is 6.07 Å². The predicted molar refractivity (Wildman–Crippen MR) is 134 cm³/mol. The number of amides is 2. The van der Waals surface area contributed by atoms with Gasteiger partial charge in [-0.3, -0.25) is 9.59 Å². The summed E-state index contributed by atoms with van der Waals surface area (Å²) >= 11 is 5.79. The van der Waals surface area contributed by atoms with Crippen LogP contribution in [0.1, 0.15) is 28.5 Å². The van der Waals surface area contributed by atoms with Crippen LogP contribution in [0.3, 0.4) is 0 Å². The van der Waals surface area contributed by atoms with Gasteiger partial charge in [-0.15, -0.1) is 11.6 Å². The largest absolute Gasteiger partial charge is 0.435 e. The van der Waals surface area contributed by atoms with Gasteiger partial charge in [0.1, 0.15) is 5.38 Å². The molecule has 0 saturated carbocycles. The van der Waals surface area contributed by atoms with Crippen LogP contribution in [-0.4, -0.2) is 22.2 Å². The van der Waals surface area contributed by atoms with Crippen LogP contribution in [-0.2, 0) is 17.5 Å². The molecule has 1 aromatic heterocycles. The van der Waals surface area contributed by atoms with Crippen LogP contribution in [0.5, 0.6) is 0 Å². The second kappa shape index (κ2) is 10.9. The molecule has 3 aromatic carbocycles. The van der Waals surface area contributed by atoms with Crippen molar-refractivity contribution in [3.05, 3.63) is 95.7 Å². The number of anilines is 1. The van der Waals surface area contributed by atoms with Crippen molar-refractivity contribution in [3.63, 3.8) is 0 Å². The molecule has 2 N–H and O–H groups in total. The average Bonchev–Trinajstić information content (AvgIpc) is 3.33. The highest BCUT2D eigenvalue weighted by Gasteiger charge is 2.33. The minimum absolute atomic E-state index is 0.0784. The lowest BCUT2D eigenvalue weighted by molar-refractivity contribution is -0.138. The maximum absolute atomic E-state index is 13.4. The quantitative estimate of drug-likeness (QED) is 0.268. The van der Waals surface area contributed by atoms with Gasteiger partial charge in [0.05, 0.1) is 5.56 Å². The van der Waals surface area contributed by atoms with Crippen LogP contribution in [0.25, 0.3) is 22.8 Å². The maximum atomic E-state index is 13.4. The van der Waals surface area contributed by atoms with Crippen molar-refractivity contribution in [1.29, 1.82) is 0 Å². The SMILES string of the molecule is CC(Cl)C(=O)Nc1ccc(-c2oc(-c3ccccc3)nc2C(=O)NCc2ccccc2C(F)(F)F)cc1. The topological polar surface area (TPSA) is 84.2 Å². The zero-order valence-corrected chi connectivity index (χ0v) is 20.2. The molecule has 1 heterocycles. The number of benzene rings is 3. The molecule has 0 aliphatic heterocycles. The van der Waals surface area contributed by atoms with Gasteiger partial charge in [-0.2, -0.15) is 13.2 Å². The van der Waals surface area contributed by atoms with E-state index in [2.05, 4.69) is 15.6 Å².